The Kier molecular flexibility index (Phi) is 6.52. The van der Waals surface area contributed by atoms with Crippen LogP contribution in [0.4, 0.5) is 23.2 Å². The second-order valence-corrected chi connectivity index (χ2v) is 10.1. The molecule has 2 aromatic carbocycles. The minimum atomic E-state index is -4.53. The van der Waals surface area contributed by atoms with Crippen LogP contribution in [0, 0.1) is 5.82 Å². The summed E-state index contributed by atoms with van der Waals surface area (Å²) in [5.41, 5.74) is 6.77. The van der Waals surface area contributed by atoms with Gasteiger partial charge in [-0.2, -0.15) is 18.2 Å². The van der Waals surface area contributed by atoms with Crippen LogP contribution in [-0.4, -0.2) is 31.0 Å². The van der Waals surface area contributed by atoms with Gasteiger partial charge in [-0.1, -0.05) is 38.1 Å². The predicted octanol–water partition coefficient (Wildman–Crippen LogP) is 5.64. The van der Waals surface area contributed by atoms with Gasteiger partial charge < -0.3 is 20.6 Å². The van der Waals surface area contributed by atoms with Crippen molar-refractivity contribution in [2.24, 2.45) is 0 Å². The summed E-state index contributed by atoms with van der Waals surface area (Å²) in [5, 5.41) is 6.37. The maximum atomic E-state index is 15.1. The molecule has 0 atom stereocenters. The Balaban J connectivity index is 1.38. The van der Waals surface area contributed by atoms with E-state index in [9.17, 15) is 18.0 Å². The summed E-state index contributed by atoms with van der Waals surface area (Å²) in [6.07, 6.45) is -3.04. The van der Waals surface area contributed by atoms with Crippen LogP contribution in [0.2, 0.25) is 0 Å². The van der Waals surface area contributed by atoms with Crippen LogP contribution in [0.3, 0.4) is 0 Å². The number of halogens is 4. The quantitative estimate of drug-likeness (QED) is 0.189. The van der Waals surface area contributed by atoms with Gasteiger partial charge in [-0.3, -0.25) is 4.79 Å². The number of anilines is 1. The molecule has 0 saturated heterocycles. The van der Waals surface area contributed by atoms with E-state index in [1.54, 1.807) is 12.1 Å². The number of hydrogen-bond acceptors (Lipinski definition) is 7. The lowest BCUT2D eigenvalue weighted by Crippen LogP contribution is -2.24. The lowest BCUT2D eigenvalue weighted by atomic mass is 9.96. The largest absolute Gasteiger partial charge is 0.416 e. The number of alkyl halides is 3. The Labute approximate surface area is 224 Å². The molecular formula is C27H23F4N7O2. The van der Waals surface area contributed by atoms with Crippen molar-refractivity contribution in [3.05, 3.63) is 77.3 Å². The number of nitrogens with zero attached hydrogens (tertiary/aromatic N) is 4. The number of imidazole rings is 1. The number of aromatic amines is 1. The van der Waals surface area contributed by atoms with E-state index in [1.165, 1.54) is 24.4 Å². The van der Waals surface area contributed by atoms with Gasteiger partial charge in [0.1, 0.15) is 11.6 Å². The molecule has 1 amide bonds. The topological polar surface area (TPSA) is 136 Å². The van der Waals surface area contributed by atoms with Gasteiger partial charge >= 0.3 is 18.0 Å². The maximum absolute atomic E-state index is 15.1. The lowest BCUT2D eigenvalue weighted by Gasteiger charge is -2.10. The molecule has 3 aromatic heterocycles. The number of carbonyl (C=O) groups is 1. The average molecular weight is 554 g/mol. The number of pyridine rings is 1. The van der Waals surface area contributed by atoms with E-state index in [0.717, 1.165) is 12.1 Å². The Bertz CT molecular complexity index is 1740. The average Bonchev–Trinajstić information content (AvgIpc) is 3.55. The van der Waals surface area contributed by atoms with Crippen LogP contribution in [0.15, 0.2) is 53.2 Å². The van der Waals surface area contributed by atoms with E-state index in [-0.39, 0.29) is 40.7 Å². The van der Waals surface area contributed by atoms with Gasteiger partial charge in [0.15, 0.2) is 11.5 Å². The van der Waals surface area contributed by atoms with E-state index in [4.69, 9.17) is 10.3 Å². The highest BCUT2D eigenvalue weighted by Gasteiger charge is 2.31. The van der Waals surface area contributed by atoms with Crippen molar-refractivity contribution in [3.63, 3.8) is 0 Å². The van der Waals surface area contributed by atoms with E-state index in [1.807, 2.05) is 20.8 Å². The third-order valence-corrected chi connectivity index (χ3v) is 6.12. The van der Waals surface area contributed by atoms with Crippen LogP contribution >= 0.6 is 0 Å². The summed E-state index contributed by atoms with van der Waals surface area (Å²) in [6.45, 7) is 5.51. The van der Waals surface area contributed by atoms with Crippen LogP contribution in [-0.2, 0) is 18.1 Å². The third-order valence-electron chi connectivity index (χ3n) is 6.12. The third kappa shape index (κ3) is 5.22. The fraction of sp³-hybridized carbons (Fsp3) is 0.222. The van der Waals surface area contributed by atoms with Crippen molar-refractivity contribution in [2.75, 3.05) is 5.73 Å². The monoisotopic (exact) mass is 553 g/mol. The standard InChI is InChI=1S/C27H23F4N7O2/c1-26(2,3)25-37-24(40-38-25)23(39)34-12-14-5-4-13(10-18(14)28)16-8-9-33-22-20(16)35-21(36-22)17-7-6-15(11-19(17)32)27(29,30)31/h4-11H,12,32H2,1-3H3,(H,34,39)(H,33,35,36). The number of H-pyrrole nitrogens is 1. The molecule has 3 heterocycles. The molecule has 0 radical (unpaired) electrons. The first-order valence-electron chi connectivity index (χ1n) is 12.0. The smallest absolute Gasteiger partial charge is 0.398 e. The SMILES string of the molecule is CC(C)(C)c1noc(C(=O)NCc2ccc(-c3ccnc4nc(-c5ccc(C(F)(F)F)cc5N)[nH]c34)cc2F)n1. The van der Waals surface area contributed by atoms with Crippen LogP contribution in [0.1, 0.15) is 48.4 Å². The Morgan fingerprint density at radius 1 is 1.05 bits per heavy atom. The molecule has 0 aliphatic carbocycles. The van der Waals surface area contributed by atoms with Crippen molar-refractivity contribution < 1.29 is 26.9 Å². The number of benzene rings is 2. The summed E-state index contributed by atoms with van der Waals surface area (Å²) >= 11 is 0. The number of hydrogen-bond donors (Lipinski definition) is 3. The first kappa shape index (κ1) is 26.8. The normalized spacial score (nSPS) is 12.2. The highest BCUT2D eigenvalue weighted by atomic mass is 19.4. The van der Waals surface area contributed by atoms with E-state index in [2.05, 4.69) is 30.4 Å². The molecular weight excluding hydrogens is 530 g/mol. The molecule has 0 aliphatic rings. The number of amides is 1. The maximum Gasteiger partial charge on any atom is 0.416 e. The zero-order valence-corrected chi connectivity index (χ0v) is 21.5. The van der Waals surface area contributed by atoms with Crippen molar-refractivity contribution in [1.82, 2.24) is 30.4 Å². The molecule has 0 bridgehead atoms. The fourth-order valence-corrected chi connectivity index (χ4v) is 3.96. The minimum absolute atomic E-state index is 0.108. The molecule has 9 nitrogen and oxygen atoms in total. The highest BCUT2D eigenvalue weighted by molar-refractivity contribution is 5.92. The fourth-order valence-electron chi connectivity index (χ4n) is 3.96. The summed E-state index contributed by atoms with van der Waals surface area (Å²) in [4.78, 5) is 28.1. The highest BCUT2D eigenvalue weighted by Crippen LogP contribution is 2.35. The number of nitrogens with two attached hydrogens (primary N) is 1. The molecule has 40 heavy (non-hydrogen) atoms. The number of carbonyl (C=O) groups excluding carboxylic acids is 1. The van der Waals surface area contributed by atoms with Crippen molar-refractivity contribution in [3.8, 4) is 22.5 Å². The number of fused-ring (bicyclic) bond motifs is 1. The summed E-state index contributed by atoms with van der Waals surface area (Å²) < 4.78 is 59.1. The van der Waals surface area contributed by atoms with Gasteiger partial charge in [-0.05, 0) is 35.9 Å². The van der Waals surface area contributed by atoms with Crippen LogP contribution in [0.5, 0.6) is 0 Å². The second-order valence-electron chi connectivity index (χ2n) is 10.1. The number of aromatic nitrogens is 5. The van der Waals surface area contributed by atoms with Crippen LogP contribution < -0.4 is 11.1 Å². The van der Waals surface area contributed by atoms with Gasteiger partial charge in [-0.15, -0.1) is 0 Å². The molecule has 0 unspecified atom stereocenters. The lowest BCUT2D eigenvalue weighted by molar-refractivity contribution is -0.137. The number of nitrogens with one attached hydrogen (secondary N) is 2. The van der Waals surface area contributed by atoms with Crippen molar-refractivity contribution in [2.45, 2.75) is 38.9 Å². The van der Waals surface area contributed by atoms with E-state index in [0.29, 0.717) is 22.5 Å². The molecule has 4 N–H and O–H groups in total. The Morgan fingerprint density at radius 3 is 2.48 bits per heavy atom. The molecule has 0 aliphatic heterocycles. The molecule has 0 fully saturated rings. The van der Waals surface area contributed by atoms with Gasteiger partial charge in [0, 0.05) is 40.5 Å². The first-order chi connectivity index (χ1) is 18.8. The van der Waals surface area contributed by atoms with Crippen molar-refractivity contribution in [1.29, 1.82) is 0 Å². The van der Waals surface area contributed by atoms with Crippen LogP contribution in [0.25, 0.3) is 33.7 Å². The molecule has 0 saturated carbocycles. The molecule has 0 spiro atoms. The van der Waals surface area contributed by atoms with Gasteiger partial charge in [0.25, 0.3) is 0 Å². The Hall–Kier alpha value is -4.81. The summed E-state index contributed by atoms with van der Waals surface area (Å²) in [6, 6.07) is 9.13. The van der Waals surface area contributed by atoms with Gasteiger partial charge in [-0.25, -0.2) is 14.4 Å². The number of nitrogen functional groups attached to an aromatic ring is 1. The van der Waals surface area contributed by atoms with Gasteiger partial charge in [0.05, 0.1) is 11.1 Å². The molecule has 13 heteroatoms. The zero-order valence-electron chi connectivity index (χ0n) is 21.5. The zero-order chi connectivity index (χ0) is 28.8. The first-order valence-corrected chi connectivity index (χ1v) is 12.0. The number of rotatable bonds is 5. The summed E-state index contributed by atoms with van der Waals surface area (Å²) in [5.74, 6) is -0.827. The van der Waals surface area contributed by atoms with E-state index >= 15 is 4.39 Å². The minimum Gasteiger partial charge on any atom is -0.398 e. The summed E-state index contributed by atoms with van der Waals surface area (Å²) in [7, 11) is 0. The molecule has 206 valence electrons. The Morgan fingerprint density at radius 2 is 1.82 bits per heavy atom. The van der Waals surface area contributed by atoms with E-state index < -0.39 is 28.9 Å². The molecule has 5 aromatic rings. The van der Waals surface area contributed by atoms with Crippen molar-refractivity contribution >= 4 is 22.8 Å². The molecule has 5 rings (SSSR count). The van der Waals surface area contributed by atoms with Gasteiger partial charge in [0.2, 0.25) is 0 Å². The predicted molar refractivity (Wildman–Crippen MR) is 138 cm³/mol. The second kappa shape index (κ2) is 9.74.